The van der Waals surface area contributed by atoms with Gasteiger partial charge in [-0.25, -0.2) is 30.1 Å². The van der Waals surface area contributed by atoms with Crippen LogP contribution >= 0.6 is 0 Å². The van der Waals surface area contributed by atoms with Crippen LogP contribution < -0.4 is 10.2 Å². The quantitative estimate of drug-likeness (QED) is 0.296. The van der Waals surface area contributed by atoms with E-state index in [-0.39, 0.29) is 46.7 Å². The molecule has 2 aliphatic rings. The molecule has 0 amide bonds. The van der Waals surface area contributed by atoms with Gasteiger partial charge in [-0.3, -0.25) is 4.79 Å². The third kappa shape index (κ3) is 7.97. The summed E-state index contributed by atoms with van der Waals surface area (Å²) in [4.78, 5) is 18.5. The summed E-state index contributed by atoms with van der Waals surface area (Å²) in [7, 11) is -5.42. The second-order valence-corrected chi connectivity index (χ2v) is 17.4. The van der Waals surface area contributed by atoms with E-state index in [1.54, 1.807) is 28.6 Å². The number of hydrogen-bond acceptors (Lipinski definition) is 10. The van der Waals surface area contributed by atoms with Crippen LogP contribution in [0.15, 0.2) is 53.7 Å². The zero-order valence-corrected chi connectivity index (χ0v) is 29.1. The molecule has 254 valence electrons. The van der Waals surface area contributed by atoms with Gasteiger partial charge in [-0.1, -0.05) is 18.2 Å². The Bertz CT molecular complexity index is 1840. The number of nitriles is 1. The van der Waals surface area contributed by atoms with E-state index < -0.39 is 25.6 Å². The topological polar surface area (TPSA) is 155 Å². The van der Waals surface area contributed by atoms with Gasteiger partial charge in [0.05, 0.1) is 28.4 Å². The third-order valence-electron chi connectivity index (χ3n) is 9.00. The number of esters is 1. The molecule has 1 atom stereocenters. The molecule has 47 heavy (non-hydrogen) atoms. The van der Waals surface area contributed by atoms with Crippen molar-refractivity contribution >= 4 is 42.7 Å². The second-order valence-electron chi connectivity index (χ2n) is 13.6. The van der Waals surface area contributed by atoms with Gasteiger partial charge in [0, 0.05) is 44.0 Å². The fraction of sp³-hybridized carbons (Fsp3) is 0.545. The molecule has 0 bridgehead atoms. The lowest BCUT2D eigenvalue weighted by Crippen LogP contribution is -2.39. The van der Waals surface area contributed by atoms with Crippen LogP contribution in [-0.2, 0) is 29.6 Å². The molecule has 5 rings (SSSR count). The highest BCUT2D eigenvalue weighted by molar-refractivity contribution is 7.90. The summed E-state index contributed by atoms with van der Waals surface area (Å²) in [5.74, 6) is -0.0579. The summed E-state index contributed by atoms with van der Waals surface area (Å²) in [6, 6.07) is 12.1. The summed E-state index contributed by atoms with van der Waals surface area (Å²) < 4.78 is 61.6. The van der Waals surface area contributed by atoms with Crippen LogP contribution in [0, 0.1) is 23.2 Å². The molecular weight excluding hydrogens is 641 g/mol. The molecule has 1 aliphatic carbocycles. The van der Waals surface area contributed by atoms with E-state index in [1.165, 1.54) is 24.5 Å². The minimum Gasteiger partial charge on any atom is -0.459 e. The van der Waals surface area contributed by atoms with E-state index in [0.29, 0.717) is 36.3 Å². The number of anilines is 1. The van der Waals surface area contributed by atoms with Crippen LogP contribution in [-0.4, -0.2) is 86.7 Å². The second kappa shape index (κ2) is 13.9. The summed E-state index contributed by atoms with van der Waals surface area (Å²) in [5, 5.41) is 13.6. The molecule has 2 aromatic heterocycles. The molecule has 1 saturated heterocycles. The van der Waals surface area contributed by atoms with Gasteiger partial charge < -0.3 is 15.0 Å². The molecule has 2 fully saturated rings. The molecule has 1 aromatic carbocycles. The molecule has 0 radical (unpaired) electrons. The zero-order valence-electron chi connectivity index (χ0n) is 27.4. The van der Waals surface area contributed by atoms with Crippen LogP contribution in [0.1, 0.15) is 58.4 Å². The van der Waals surface area contributed by atoms with Gasteiger partial charge in [-0.15, -0.1) is 0 Å². The Morgan fingerprint density at radius 2 is 1.77 bits per heavy atom. The Morgan fingerprint density at radius 3 is 2.43 bits per heavy atom. The van der Waals surface area contributed by atoms with Gasteiger partial charge in [-0.05, 0) is 89.5 Å². The SMILES string of the molecule is CN(c1c(C#N)cnc2c1ccn2S(=O)(=O)c1ccccc1)C1CCC(CS(=O)(=O)N2CCC(CNCC(=O)OC(C)(C)C)C2)CC1. The molecule has 1 unspecified atom stereocenters. The van der Waals surface area contributed by atoms with Crippen molar-refractivity contribution in [2.75, 3.05) is 43.9 Å². The van der Waals surface area contributed by atoms with E-state index in [0.717, 1.165) is 36.1 Å². The fourth-order valence-corrected chi connectivity index (χ4v) is 9.95. The monoisotopic (exact) mass is 684 g/mol. The first-order valence-corrected chi connectivity index (χ1v) is 19.1. The number of sulfonamides is 1. The molecule has 1 saturated carbocycles. The average Bonchev–Trinajstić information content (AvgIpc) is 3.68. The van der Waals surface area contributed by atoms with Crippen molar-refractivity contribution < 1.29 is 26.4 Å². The summed E-state index contributed by atoms with van der Waals surface area (Å²) in [5.41, 5.74) is 0.679. The lowest BCUT2D eigenvalue weighted by molar-refractivity contribution is -0.153. The van der Waals surface area contributed by atoms with Gasteiger partial charge in [0.15, 0.2) is 5.65 Å². The lowest BCUT2D eigenvalue weighted by atomic mass is 9.86. The molecule has 12 nitrogen and oxygen atoms in total. The van der Waals surface area contributed by atoms with E-state index in [4.69, 9.17) is 4.74 Å². The van der Waals surface area contributed by atoms with Crippen LogP contribution in [0.3, 0.4) is 0 Å². The van der Waals surface area contributed by atoms with Crippen molar-refractivity contribution in [3.05, 3.63) is 54.4 Å². The molecule has 1 aliphatic heterocycles. The number of benzene rings is 1. The maximum Gasteiger partial charge on any atom is 0.320 e. The van der Waals surface area contributed by atoms with E-state index in [9.17, 15) is 26.9 Å². The first-order valence-electron chi connectivity index (χ1n) is 16.0. The van der Waals surface area contributed by atoms with Crippen molar-refractivity contribution in [3.63, 3.8) is 0 Å². The minimum atomic E-state index is -3.89. The van der Waals surface area contributed by atoms with Gasteiger partial charge in [-0.2, -0.15) is 5.26 Å². The number of nitrogens with one attached hydrogen (secondary N) is 1. The first-order chi connectivity index (χ1) is 22.2. The summed E-state index contributed by atoms with van der Waals surface area (Å²) in [6.45, 7) is 7.03. The number of rotatable bonds is 11. The summed E-state index contributed by atoms with van der Waals surface area (Å²) in [6.07, 6.45) is 6.57. The number of fused-ring (bicyclic) bond motifs is 1. The maximum absolute atomic E-state index is 13.4. The smallest absolute Gasteiger partial charge is 0.320 e. The van der Waals surface area contributed by atoms with Gasteiger partial charge in [0.25, 0.3) is 10.0 Å². The number of nitrogens with zero attached hydrogens (tertiary/aromatic N) is 5. The van der Waals surface area contributed by atoms with Crippen LogP contribution in [0.2, 0.25) is 0 Å². The Labute approximate surface area is 277 Å². The van der Waals surface area contributed by atoms with Crippen molar-refractivity contribution in [1.82, 2.24) is 18.6 Å². The standard InChI is InChI=1S/C33H44N6O6S2/c1-33(2,3)45-30(40)21-35-19-25-14-16-38(22-25)46(41,42)23-24-10-12-27(13-11-24)37(4)31-26(18-34)20-36-32-29(31)15-17-39(32)47(43,44)28-8-6-5-7-9-28/h5-9,15,17,20,24-25,27,35H,10-14,16,19,21-23H2,1-4H3. The Kier molecular flexibility index (Phi) is 10.3. The number of aromatic nitrogens is 2. The van der Waals surface area contributed by atoms with Crippen molar-refractivity contribution in [3.8, 4) is 6.07 Å². The highest BCUT2D eigenvalue weighted by Gasteiger charge is 2.35. The lowest BCUT2D eigenvalue weighted by Gasteiger charge is -2.36. The van der Waals surface area contributed by atoms with E-state index in [1.807, 2.05) is 32.7 Å². The number of ether oxygens (including phenoxy) is 1. The molecule has 3 aromatic rings. The van der Waals surface area contributed by atoms with Crippen molar-refractivity contribution in [1.29, 1.82) is 5.26 Å². The minimum absolute atomic E-state index is 0.0268. The van der Waals surface area contributed by atoms with Gasteiger partial charge in [0.1, 0.15) is 11.7 Å². The third-order valence-corrected chi connectivity index (χ3v) is 12.7. The first kappa shape index (κ1) is 34.8. The largest absolute Gasteiger partial charge is 0.459 e. The zero-order chi connectivity index (χ0) is 34.0. The molecule has 14 heteroatoms. The molecule has 1 N–H and O–H groups in total. The van der Waals surface area contributed by atoms with Gasteiger partial charge >= 0.3 is 5.97 Å². The molecular formula is C33H44N6O6S2. The normalized spacial score (nSPS) is 21.0. The van der Waals surface area contributed by atoms with Crippen LogP contribution in [0.5, 0.6) is 0 Å². The highest BCUT2D eigenvalue weighted by Crippen LogP contribution is 2.37. The van der Waals surface area contributed by atoms with Crippen molar-refractivity contribution in [2.45, 2.75) is 69.4 Å². The average molecular weight is 685 g/mol. The number of carbonyl (C=O) groups excluding carboxylic acids is 1. The van der Waals surface area contributed by atoms with E-state index in [2.05, 4.69) is 16.4 Å². The Hall–Kier alpha value is -3.51. The van der Waals surface area contributed by atoms with Crippen molar-refractivity contribution in [2.24, 2.45) is 11.8 Å². The highest BCUT2D eigenvalue weighted by atomic mass is 32.2. The van der Waals surface area contributed by atoms with Crippen LogP contribution in [0.25, 0.3) is 11.0 Å². The number of hydrogen-bond donors (Lipinski definition) is 1. The predicted molar refractivity (Wildman–Crippen MR) is 180 cm³/mol. The maximum atomic E-state index is 13.4. The number of pyridine rings is 1. The molecule has 3 heterocycles. The molecule has 0 spiro atoms. The Morgan fingerprint density at radius 1 is 1.06 bits per heavy atom. The Balaban J connectivity index is 1.19. The predicted octanol–water partition coefficient (Wildman–Crippen LogP) is 3.72. The van der Waals surface area contributed by atoms with Crippen LogP contribution in [0.4, 0.5) is 5.69 Å². The van der Waals surface area contributed by atoms with E-state index >= 15 is 0 Å². The summed E-state index contributed by atoms with van der Waals surface area (Å²) >= 11 is 0. The fourth-order valence-electron chi connectivity index (χ4n) is 6.67. The number of carbonyl (C=O) groups is 1. The van der Waals surface area contributed by atoms with Gasteiger partial charge in [0.2, 0.25) is 10.0 Å².